The molecule has 1 aliphatic heterocycles. The third-order valence-corrected chi connectivity index (χ3v) is 6.21. The number of hydrogen-bond acceptors (Lipinski definition) is 7. The van der Waals surface area contributed by atoms with Crippen LogP contribution < -0.4 is 4.90 Å². The minimum Gasteiger partial charge on any atom is -0.444 e. The van der Waals surface area contributed by atoms with Gasteiger partial charge in [-0.2, -0.15) is 10.4 Å². The molecule has 0 N–H and O–H groups in total. The largest absolute Gasteiger partial charge is 0.444 e. The quantitative estimate of drug-likeness (QED) is 0.583. The highest BCUT2D eigenvalue weighted by atomic mass is 16.6. The van der Waals surface area contributed by atoms with E-state index in [2.05, 4.69) is 22.9 Å². The van der Waals surface area contributed by atoms with Gasteiger partial charge in [0.2, 0.25) is 0 Å². The van der Waals surface area contributed by atoms with Crippen molar-refractivity contribution in [2.45, 2.75) is 58.1 Å². The lowest BCUT2D eigenvalue weighted by Gasteiger charge is -2.41. The van der Waals surface area contributed by atoms with Gasteiger partial charge in [0, 0.05) is 31.6 Å². The van der Waals surface area contributed by atoms with Gasteiger partial charge in [-0.15, -0.1) is 0 Å². The molecule has 0 unspecified atom stereocenters. The first-order valence-corrected chi connectivity index (χ1v) is 11.7. The summed E-state index contributed by atoms with van der Waals surface area (Å²) in [6, 6.07) is 9.66. The van der Waals surface area contributed by atoms with Gasteiger partial charge >= 0.3 is 6.09 Å². The lowest BCUT2D eigenvalue weighted by atomic mass is 10.1. The number of piperazine rings is 1. The molecular formula is C25H29N7O2. The van der Waals surface area contributed by atoms with Crippen LogP contribution >= 0.6 is 0 Å². The second kappa shape index (κ2) is 8.28. The van der Waals surface area contributed by atoms with Crippen molar-refractivity contribution in [1.29, 1.82) is 5.26 Å². The molecule has 0 spiro atoms. The van der Waals surface area contributed by atoms with Crippen molar-refractivity contribution in [3.63, 3.8) is 0 Å². The highest BCUT2D eigenvalue weighted by molar-refractivity contribution is 5.91. The van der Waals surface area contributed by atoms with E-state index in [0.717, 1.165) is 41.1 Å². The van der Waals surface area contributed by atoms with Gasteiger partial charge in [-0.1, -0.05) is 6.07 Å². The Kier molecular flexibility index (Phi) is 5.39. The molecule has 2 aliphatic rings. The Morgan fingerprint density at radius 1 is 1.21 bits per heavy atom. The number of carbonyl (C=O) groups excluding carboxylic acids is 1. The van der Waals surface area contributed by atoms with E-state index in [1.54, 1.807) is 17.3 Å². The Hall–Kier alpha value is -3.67. The topological polar surface area (TPSA) is 100 Å². The van der Waals surface area contributed by atoms with E-state index in [1.165, 1.54) is 0 Å². The summed E-state index contributed by atoms with van der Waals surface area (Å²) in [5.41, 5.74) is 2.62. The SMILES string of the molecule is C[C@H]1CN(C(=O)OC(C)(C)C)CCN1c1ncnc2c1c(C1CC1)nn2-c1cccc(C#N)c1. The van der Waals surface area contributed by atoms with Crippen molar-refractivity contribution in [3.8, 4) is 11.8 Å². The van der Waals surface area contributed by atoms with Crippen LogP contribution in [-0.4, -0.2) is 62.0 Å². The predicted octanol–water partition coefficient (Wildman–Crippen LogP) is 4.01. The number of anilines is 1. The number of carbonyl (C=O) groups is 1. The van der Waals surface area contributed by atoms with Crippen molar-refractivity contribution in [1.82, 2.24) is 24.6 Å². The van der Waals surface area contributed by atoms with Crippen molar-refractivity contribution < 1.29 is 9.53 Å². The lowest BCUT2D eigenvalue weighted by Crippen LogP contribution is -2.54. The molecule has 0 radical (unpaired) electrons. The number of rotatable bonds is 3. The molecule has 1 amide bonds. The third-order valence-electron chi connectivity index (χ3n) is 6.21. The number of nitriles is 1. The second-order valence-electron chi connectivity index (χ2n) is 10.1. The van der Waals surface area contributed by atoms with Gasteiger partial charge in [-0.3, -0.25) is 0 Å². The van der Waals surface area contributed by atoms with Crippen LogP contribution in [0.15, 0.2) is 30.6 Å². The van der Waals surface area contributed by atoms with Gasteiger partial charge in [-0.25, -0.2) is 19.4 Å². The van der Waals surface area contributed by atoms with Gasteiger partial charge in [0.15, 0.2) is 5.65 Å². The average molecular weight is 460 g/mol. The standard InChI is InChI=1S/C25H29N7O2/c1-16-14-30(24(33)34-25(2,3)4)10-11-31(16)22-20-21(18-8-9-18)29-32(23(20)28-15-27-22)19-7-5-6-17(12-19)13-26/h5-7,12,15-16,18H,8-11,14H2,1-4H3/t16-/m0/s1. The summed E-state index contributed by atoms with van der Waals surface area (Å²) < 4.78 is 7.40. The van der Waals surface area contributed by atoms with Crippen LogP contribution in [0, 0.1) is 11.3 Å². The van der Waals surface area contributed by atoms with Gasteiger partial charge in [0.25, 0.3) is 0 Å². The van der Waals surface area contributed by atoms with Crippen LogP contribution in [0.5, 0.6) is 0 Å². The van der Waals surface area contributed by atoms with Crippen LogP contribution in [0.3, 0.4) is 0 Å². The Morgan fingerprint density at radius 3 is 2.68 bits per heavy atom. The number of benzene rings is 1. The van der Waals surface area contributed by atoms with E-state index in [4.69, 9.17) is 14.8 Å². The molecule has 1 aliphatic carbocycles. The zero-order chi connectivity index (χ0) is 24.0. The van der Waals surface area contributed by atoms with E-state index >= 15 is 0 Å². The zero-order valence-corrected chi connectivity index (χ0v) is 20.0. The van der Waals surface area contributed by atoms with Crippen molar-refractivity contribution in [3.05, 3.63) is 41.9 Å². The summed E-state index contributed by atoms with van der Waals surface area (Å²) in [6.07, 6.45) is 3.49. The average Bonchev–Trinajstić information content (AvgIpc) is 3.57. The number of nitrogens with zero attached hydrogens (tertiary/aromatic N) is 7. The maximum atomic E-state index is 12.6. The maximum Gasteiger partial charge on any atom is 0.410 e. The molecule has 1 saturated carbocycles. The third kappa shape index (κ3) is 4.16. The summed E-state index contributed by atoms with van der Waals surface area (Å²) in [7, 11) is 0. The molecule has 9 nitrogen and oxygen atoms in total. The Labute approximate surface area is 199 Å². The van der Waals surface area contributed by atoms with Gasteiger partial charge in [0.05, 0.1) is 28.4 Å². The molecule has 34 heavy (non-hydrogen) atoms. The summed E-state index contributed by atoms with van der Waals surface area (Å²) >= 11 is 0. The van der Waals surface area contributed by atoms with Crippen LogP contribution in [0.1, 0.15) is 57.7 Å². The van der Waals surface area contributed by atoms with Gasteiger partial charge in [-0.05, 0) is 58.7 Å². The highest BCUT2D eigenvalue weighted by Crippen LogP contribution is 2.45. The first-order valence-electron chi connectivity index (χ1n) is 11.7. The van der Waals surface area contributed by atoms with Crippen LogP contribution in [-0.2, 0) is 4.74 Å². The minimum absolute atomic E-state index is 0.0525. The number of ether oxygens (including phenoxy) is 1. The Morgan fingerprint density at radius 2 is 2.00 bits per heavy atom. The van der Waals surface area contributed by atoms with E-state index in [-0.39, 0.29) is 12.1 Å². The number of fused-ring (bicyclic) bond motifs is 1. The first kappa shape index (κ1) is 22.1. The highest BCUT2D eigenvalue weighted by Gasteiger charge is 2.35. The molecule has 1 saturated heterocycles. The van der Waals surface area contributed by atoms with Crippen LogP contribution in [0.25, 0.3) is 16.7 Å². The maximum absolute atomic E-state index is 12.6. The first-order chi connectivity index (χ1) is 16.2. The Balaban J connectivity index is 1.51. The predicted molar refractivity (Wildman–Crippen MR) is 128 cm³/mol. The van der Waals surface area contributed by atoms with Crippen LogP contribution in [0.2, 0.25) is 0 Å². The molecule has 2 fully saturated rings. The zero-order valence-electron chi connectivity index (χ0n) is 20.0. The van der Waals surface area contributed by atoms with Crippen LogP contribution in [0.4, 0.5) is 10.6 Å². The summed E-state index contributed by atoms with van der Waals surface area (Å²) in [6.45, 7) is 9.50. The van der Waals surface area contributed by atoms with Gasteiger partial charge in [0.1, 0.15) is 17.7 Å². The number of hydrogen-bond donors (Lipinski definition) is 0. The summed E-state index contributed by atoms with van der Waals surface area (Å²) in [5, 5.41) is 15.3. The molecular weight excluding hydrogens is 430 g/mol. The monoisotopic (exact) mass is 459 g/mol. The number of amides is 1. The lowest BCUT2D eigenvalue weighted by molar-refractivity contribution is 0.0218. The van der Waals surface area contributed by atoms with Gasteiger partial charge < -0.3 is 14.5 Å². The van der Waals surface area contributed by atoms with Crippen molar-refractivity contribution in [2.24, 2.45) is 0 Å². The van der Waals surface area contributed by atoms with Crippen molar-refractivity contribution in [2.75, 3.05) is 24.5 Å². The van der Waals surface area contributed by atoms with E-state index in [9.17, 15) is 10.1 Å². The minimum atomic E-state index is -0.521. The molecule has 9 heteroatoms. The normalized spacial score (nSPS) is 18.7. The molecule has 3 aromatic rings. The fraction of sp³-hybridized carbons (Fsp3) is 0.480. The molecule has 2 aromatic heterocycles. The Bertz CT molecular complexity index is 1280. The smallest absolute Gasteiger partial charge is 0.410 e. The summed E-state index contributed by atoms with van der Waals surface area (Å²) in [4.78, 5) is 25.9. The molecule has 0 bridgehead atoms. The molecule has 1 atom stereocenters. The van der Waals surface area contributed by atoms with Crippen molar-refractivity contribution >= 4 is 22.9 Å². The second-order valence-corrected chi connectivity index (χ2v) is 10.1. The van der Waals surface area contributed by atoms with E-state index in [0.29, 0.717) is 31.1 Å². The molecule has 176 valence electrons. The fourth-order valence-corrected chi connectivity index (χ4v) is 4.47. The number of aromatic nitrogens is 4. The molecule has 5 rings (SSSR count). The van der Waals surface area contributed by atoms with E-state index in [1.807, 2.05) is 43.7 Å². The fourth-order valence-electron chi connectivity index (χ4n) is 4.47. The molecule has 3 heterocycles. The van der Waals surface area contributed by atoms with E-state index < -0.39 is 5.60 Å². The molecule has 1 aromatic carbocycles. The summed E-state index contributed by atoms with van der Waals surface area (Å²) in [5.74, 6) is 1.25.